The largest absolute Gasteiger partial charge is 0.469 e. The van der Waals surface area contributed by atoms with Gasteiger partial charge < -0.3 is 9.73 Å². The molecular weight excluding hydrogens is 316 g/mol. The minimum absolute atomic E-state index is 0.103. The molecule has 7 heteroatoms. The number of carbonyl (C=O) groups excluding carboxylic acids is 1. The Kier molecular flexibility index (Phi) is 5.57. The van der Waals surface area contributed by atoms with Crippen LogP contribution in [0.5, 0.6) is 0 Å². The van der Waals surface area contributed by atoms with Crippen LogP contribution < -0.4 is 5.32 Å². The summed E-state index contributed by atoms with van der Waals surface area (Å²) in [7, 11) is -0.637. The molecule has 0 aliphatic carbocycles. The normalized spacial score (nSPS) is 11.6. The van der Waals surface area contributed by atoms with Crippen molar-refractivity contribution in [3.05, 3.63) is 54.0 Å². The average Bonchev–Trinajstić information content (AvgIpc) is 3.04. The number of hydrogen-bond donors (Lipinski definition) is 1. The van der Waals surface area contributed by atoms with E-state index in [0.29, 0.717) is 12.1 Å². The van der Waals surface area contributed by atoms with Crippen LogP contribution in [0.3, 0.4) is 0 Å². The van der Waals surface area contributed by atoms with Crippen molar-refractivity contribution in [1.82, 2.24) is 9.62 Å². The highest BCUT2D eigenvalue weighted by Crippen LogP contribution is 2.14. The number of sulfonamides is 1. The van der Waals surface area contributed by atoms with Crippen LogP contribution in [0.1, 0.15) is 22.5 Å². The predicted molar refractivity (Wildman–Crippen MR) is 86.7 cm³/mol. The number of nitrogens with one attached hydrogen (secondary N) is 1. The van der Waals surface area contributed by atoms with Gasteiger partial charge in [0.2, 0.25) is 10.0 Å². The zero-order valence-corrected chi connectivity index (χ0v) is 14.0. The molecule has 0 radical (unpaired) electrons. The van der Waals surface area contributed by atoms with Gasteiger partial charge in [-0.05, 0) is 36.8 Å². The summed E-state index contributed by atoms with van der Waals surface area (Å²) in [4.78, 5) is 12.2. The fraction of sp³-hybridized carbons (Fsp3) is 0.312. The number of furan rings is 1. The molecule has 2 rings (SSSR count). The van der Waals surface area contributed by atoms with Gasteiger partial charge in [-0.15, -0.1) is 0 Å². The van der Waals surface area contributed by atoms with Crippen LogP contribution in [0, 0.1) is 0 Å². The van der Waals surface area contributed by atoms with Crippen LogP contribution in [-0.2, 0) is 16.4 Å². The van der Waals surface area contributed by atoms with Crippen molar-refractivity contribution < 1.29 is 17.6 Å². The quantitative estimate of drug-likeness (QED) is 0.783. The topological polar surface area (TPSA) is 79.6 Å². The van der Waals surface area contributed by atoms with Crippen molar-refractivity contribution in [2.24, 2.45) is 0 Å². The number of rotatable bonds is 7. The molecule has 2 aromatic rings. The third-order valence-corrected chi connectivity index (χ3v) is 5.15. The van der Waals surface area contributed by atoms with Gasteiger partial charge >= 0.3 is 0 Å². The van der Waals surface area contributed by atoms with Crippen molar-refractivity contribution >= 4 is 15.9 Å². The molecule has 0 unspecified atom stereocenters. The molecule has 1 heterocycles. The Labute approximate surface area is 136 Å². The Morgan fingerprint density at radius 1 is 1.22 bits per heavy atom. The lowest BCUT2D eigenvalue weighted by Crippen LogP contribution is -2.26. The summed E-state index contributed by atoms with van der Waals surface area (Å²) in [6.45, 7) is 0.490. The second kappa shape index (κ2) is 7.43. The minimum Gasteiger partial charge on any atom is -0.469 e. The van der Waals surface area contributed by atoms with Gasteiger partial charge in [0.05, 0.1) is 11.2 Å². The van der Waals surface area contributed by atoms with Crippen molar-refractivity contribution in [2.75, 3.05) is 20.6 Å². The van der Waals surface area contributed by atoms with Crippen LogP contribution in [0.25, 0.3) is 0 Å². The molecule has 23 heavy (non-hydrogen) atoms. The van der Waals surface area contributed by atoms with E-state index >= 15 is 0 Å². The fourth-order valence-electron chi connectivity index (χ4n) is 2.03. The maximum atomic E-state index is 12.1. The van der Waals surface area contributed by atoms with E-state index in [9.17, 15) is 13.2 Å². The molecule has 1 aromatic heterocycles. The van der Waals surface area contributed by atoms with Crippen molar-refractivity contribution in [1.29, 1.82) is 0 Å². The van der Waals surface area contributed by atoms with Gasteiger partial charge in [-0.1, -0.05) is 6.07 Å². The summed E-state index contributed by atoms with van der Waals surface area (Å²) in [5, 5.41) is 2.78. The summed E-state index contributed by atoms with van der Waals surface area (Å²) < 4.78 is 30.5. The van der Waals surface area contributed by atoms with E-state index in [0.717, 1.165) is 22.9 Å². The maximum Gasteiger partial charge on any atom is 0.251 e. The van der Waals surface area contributed by atoms with Crippen LogP contribution in [0.2, 0.25) is 0 Å². The molecule has 0 aliphatic rings. The van der Waals surface area contributed by atoms with E-state index in [-0.39, 0.29) is 10.8 Å². The molecule has 1 amide bonds. The zero-order chi connectivity index (χ0) is 16.9. The first-order valence-electron chi connectivity index (χ1n) is 7.24. The summed E-state index contributed by atoms with van der Waals surface area (Å²) >= 11 is 0. The zero-order valence-electron chi connectivity index (χ0n) is 13.2. The van der Waals surface area contributed by atoms with Gasteiger partial charge in [-0.2, -0.15) is 0 Å². The highest BCUT2D eigenvalue weighted by Gasteiger charge is 2.18. The number of amides is 1. The molecule has 124 valence electrons. The Morgan fingerprint density at radius 2 is 2.00 bits per heavy atom. The first-order chi connectivity index (χ1) is 10.9. The summed E-state index contributed by atoms with van der Waals surface area (Å²) in [6, 6.07) is 9.73. The van der Waals surface area contributed by atoms with E-state index in [1.54, 1.807) is 18.4 Å². The van der Waals surface area contributed by atoms with Crippen molar-refractivity contribution in [3.63, 3.8) is 0 Å². The maximum absolute atomic E-state index is 12.1. The number of carbonyl (C=O) groups is 1. The lowest BCUT2D eigenvalue weighted by molar-refractivity contribution is 0.0953. The van der Waals surface area contributed by atoms with Gasteiger partial charge in [-0.3, -0.25) is 4.79 Å². The number of benzene rings is 1. The van der Waals surface area contributed by atoms with Crippen molar-refractivity contribution in [3.8, 4) is 0 Å². The van der Waals surface area contributed by atoms with Gasteiger partial charge in [0.15, 0.2) is 0 Å². The first-order valence-corrected chi connectivity index (χ1v) is 8.68. The van der Waals surface area contributed by atoms with E-state index in [1.807, 2.05) is 12.1 Å². The summed E-state index contributed by atoms with van der Waals surface area (Å²) in [5.41, 5.74) is 0.325. The van der Waals surface area contributed by atoms with Crippen LogP contribution >= 0.6 is 0 Å². The van der Waals surface area contributed by atoms with Gasteiger partial charge in [0.25, 0.3) is 5.91 Å². The predicted octanol–water partition coefficient (Wildman–Crippen LogP) is 1.89. The fourth-order valence-corrected chi connectivity index (χ4v) is 2.98. The van der Waals surface area contributed by atoms with Crippen molar-refractivity contribution in [2.45, 2.75) is 17.7 Å². The Hall–Kier alpha value is -2.12. The second-order valence-electron chi connectivity index (χ2n) is 5.25. The summed E-state index contributed by atoms with van der Waals surface area (Å²) in [6.07, 6.45) is 3.10. The van der Waals surface area contributed by atoms with Crippen LogP contribution in [0.4, 0.5) is 0 Å². The molecule has 0 saturated heterocycles. The van der Waals surface area contributed by atoms with E-state index in [1.165, 1.54) is 26.2 Å². The number of hydrogen-bond acceptors (Lipinski definition) is 4. The minimum atomic E-state index is -3.55. The highest BCUT2D eigenvalue weighted by molar-refractivity contribution is 7.89. The Balaban J connectivity index is 1.94. The standard InChI is InChI=1S/C16H20N2O4S/c1-18(2)23(20,21)15-9-3-6-13(12-15)16(19)17-10-4-7-14-8-5-11-22-14/h3,5-6,8-9,11-12H,4,7,10H2,1-2H3,(H,17,19). The molecular formula is C16H20N2O4S. The molecule has 6 nitrogen and oxygen atoms in total. The lowest BCUT2D eigenvalue weighted by Gasteiger charge is -2.12. The second-order valence-corrected chi connectivity index (χ2v) is 7.41. The highest BCUT2D eigenvalue weighted by atomic mass is 32.2. The Morgan fingerprint density at radius 3 is 2.65 bits per heavy atom. The molecule has 0 fully saturated rings. The van der Waals surface area contributed by atoms with Gasteiger partial charge in [0.1, 0.15) is 5.76 Å². The molecule has 0 aliphatic heterocycles. The first kappa shape index (κ1) is 17.2. The van der Waals surface area contributed by atoms with Gasteiger partial charge in [-0.25, -0.2) is 12.7 Å². The third-order valence-electron chi connectivity index (χ3n) is 3.34. The third kappa shape index (κ3) is 4.43. The van der Waals surface area contributed by atoms with E-state index < -0.39 is 10.0 Å². The molecule has 0 saturated carbocycles. The number of aryl methyl sites for hydroxylation is 1. The monoisotopic (exact) mass is 336 g/mol. The smallest absolute Gasteiger partial charge is 0.251 e. The van der Waals surface area contributed by atoms with E-state index in [4.69, 9.17) is 4.42 Å². The summed E-state index contributed by atoms with van der Waals surface area (Å²) in [5.74, 6) is 0.582. The van der Waals surface area contributed by atoms with Crippen LogP contribution in [-0.4, -0.2) is 39.3 Å². The molecule has 0 spiro atoms. The molecule has 0 atom stereocenters. The number of nitrogens with zero attached hydrogens (tertiary/aromatic N) is 1. The van der Waals surface area contributed by atoms with Crippen LogP contribution in [0.15, 0.2) is 52.0 Å². The Bertz CT molecular complexity index is 752. The molecule has 1 aromatic carbocycles. The molecule has 1 N–H and O–H groups in total. The lowest BCUT2D eigenvalue weighted by atomic mass is 10.2. The van der Waals surface area contributed by atoms with E-state index in [2.05, 4.69) is 5.32 Å². The molecule has 0 bridgehead atoms. The SMILES string of the molecule is CN(C)S(=O)(=O)c1cccc(C(=O)NCCCc2ccco2)c1. The van der Waals surface area contributed by atoms with Gasteiger partial charge in [0, 0.05) is 32.6 Å². The average molecular weight is 336 g/mol.